The van der Waals surface area contributed by atoms with Crippen molar-refractivity contribution in [1.82, 2.24) is 4.98 Å². The van der Waals surface area contributed by atoms with Crippen LogP contribution in [0.5, 0.6) is 46.0 Å². The molecule has 0 fully saturated rings. The average Bonchev–Trinajstić information content (AvgIpc) is 3.55. The van der Waals surface area contributed by atoms with Crippen molar-refractivity contribution < 1.29 is 40.9 Å². The molecule has 0 aliphatic rings. The van der Waals surface area contributed by atoms with E-state index in [1.807, 2.05) is 84.9 Å². The number of para-hydroxylation sites is 2. The van der Waals surface area contributed by atoms with E-state index < -0.39 is 46.0 Å². The molecule has 9 nitrogen and oxygen atoms in total. The van der Waals surface area contributed by atoms with Gasteiger partial charge in [0.05, 0.1) is 5.52 Å². The Morgan fingerprint density at radius 3 is 1.41 bits per heavy atom. The lowest BCUT2D eigenvalue weighted by molar-refractivity contribution is 0.350. The molecule has 0 saturated heterocycles. The normalized spacial score (nSPS) is 11.8. The first-order valence-electron chi connectivity index (χ1n) is 16.0. The number of rotatable bonds is 3. The van der Waals surface area contributed by atoms with E-state index >= 15 is 0 Å². The molecular weight excluding hydrogens is 646 g/mol. The summed E-state index contributed by atoms with van der Waals surface area (Å²) in [6.07, 6.45) is 0. The van der Waals surface area contributed by atoms with E-state index in [4.69, 9.17) is 0 Å². The van der Waals surface area contributed by atoms with Gasteiger partial charge < -0.3 is 45.8 Å². The van der Waals surface area contributed by atoms with Crippen LogP contribution in [0.25, 0.3) is 87.5 Å². The molecule has 9 aromatic rings. The van der Waals surface area contributed by atoms with Gasteiger partial charge in [-0.1, -0.05) is 103 Å². The second kappa shape index (κ2) is 10.6. The summed E-state index contributed by atoms with van der Waals surface area (Å²) in [5.41, 5.74) is 3.75. The van der Waals surface area contributed by atoms with E-state index in [-0.39, 0.29) is 32.7 Å². The molecule has 9 N–H and O–H groups in total. The minimum Gasteiger partial charge on any atom is -0.504 e. The molecule has 0 unspecified atom stereocenters. The fraction of sp³-hybridized carbons (Fsp3) is 0. The topological polar surface area (TPSA) is 178 Å². The quantitative estimate of drug-likeness (QED) is 0.0506. The molecule has 0 aliphatic heterocycles. The van der Waals surface area contributed by atoms with E-state index in [2.05, 4.69) is 4.98 Å². The number of aromatic amines is 1. The number of hydrogen-bond acceptors (Lipinski definition) is 8. The highest BCUT2D eigenvalue weighted by Crippen LogP contribution is 2.62. The first kappa shape index (κ1) is 29.8. The van der Waals surface area contributed by atoms with E-state index in [1.54, 1.807) is 24.3 Å². The number of phenolic OH excluding ortho intramolecular Hbond substituents is 8. The number of aromatic nitrogens is 1. The van der Waals surface area contributed by atoms with Crippen LogP contribution in [-0.2, 0) is 0 Å². The summed E-state index contributed by atoms with van der Waals surface area (Å²) < 4.78 is 0. The molecule has 0 amide bonds. The molecule has 0 saturated carbocycles. The van der Waals surface area contributed by atoms with Gasteiger partial charge in [-0.25, -0.2) is 0 Å². The molecule has 0 aliphatic carbocycles. The van der Waals surface area contributed by atoms with Gasteiger partial charge in [0.25, 0.3) is 0 Å². The first-order chi connectivity index (χ1) is 24.7. The van der Waals surface area contributed by atoms with Crippen molar-refractivity contribution in [3.05, 3.63) is 109 Å². The van der Waals surface area contributed by atoms with Crippen LogP contribution in [-0.4, -0.2) is 45.8 Å². The molecule has 0 spiro atoms. The fourth-order valence-corrected chi connectivity index (χ4v) is 7.55. The summed E-state index contributed by atoms with van der Waals surface area (Å²) in [6, 6.07) is 33.7. The van der Waals surface area contributed by atoms with Gasteiger partial charge in [0.1, 0.15) is 0 Å². The van der Waals surface area contributed by atoms with Gasteiger partial charge in [-0.3, -0.25) is 0 Å². The van der Waals surface area contributed by atoms with E-state index in [9.17, 15) is 40.9 Å². The van der Waals surface area contributed by atoms with Crippen LogP contribution in [0.4, 0.5) is 0 Å². The van der Waals surface area contributed by atoms with Crippen molar-refractivity contribution in [1.29, 1.82) is 0 Å². The number of H-pyrrole nitrogens is 1. The molecule has 8 aromatic carbocycles. The Balaban J connectivity index is 1.46. The Hall–Kier alpha value is -7.26. The molecule has 1 heterocycles. The standard InChI is InChI=1S/C42H27NO8/c44-35-30-28(21-17-15-20(16-18-21)23-11-5-8-19-7-1-2-9-22(19)23)31-33(38(47)42(51)40(49)36(31)45)29(32(30)37(46)41(50)39(35)48)26-13-6-12-25-24-10-3-4-14-27(24)43-34(25)26/h1-18,43-51H. The molecule has 0 bridgehead atoms. The third-order valence-electron chi connectivity index (χ3n) is 9.88. The van der Waals surface area contributed by atoms with Crippen LogP contribution in [0.15, 0.2) is 109 Å². The Bertz CT molecular complexity index is 2860. The number of nitrogens with one attached hydrogen (secondary N) is 1. The first-order valence-corrected chi connectivity index (χ1v) is 16.0. The second-order valence-electron chi connectivity index (χ2n) is 12.5. The zero-order valence-corrected chi connectivity index (χ0v) is 26.5. The Morgan fingerprint density at radius 1 is 0.333 bits per heavy atom. The Morgan fingerprint density at radius 2 is 0.784 bits per heavy atom. The summed E-state index contributed by atoms with van der Waals surface area (Å²) in [5, 5.41) is 93.1. The van der Waals surface area contributed by atoms with Gasteiger partial charge in [-0.05, 0) is 33.5 Å². The van der Waals surface area contributed by atoms with Crippen LogP contribution < -0.4 is 0 Å². The highest BCUT2D eigenvalue weighted by molar-refractivity contribution is 6.30. The van der Waals surface area contributed by atoms with Crippen molar-refractivity contribution in [3.63, 3.8) is 0 Å². The van der Waals surface area contributed by atoms with E-state index in [0.29, 0.717) is 16.6 Å². The van der Waals surface area contributed by atoms with Crippen molar-refractivity contribution in [2.24, 2.45) is 0 Å². The summed E-state index contributed by atoms with van der Waals surface area (Å²) in [4.78, 5) is 3.36. The number of phenols is 8. The third kappa shape index (κ3) is 4.03. The van der Waals surface area contributed by atoms with Crippen molar-refractivity contribution in [3.8, 4) is 79.4 Å². The lowest BCUT2D eigenvalue weighted by Crippen LogP contribution is -1.95. The zero-order chi connectivity index (χ0) is 35.3. The molecule has 1 aromatic heterocycles. The maximum Gasteiger partial charge on any atom is 0.204 e. The number of aromatic hydroxyl groups is 8. The van der Waals surface area contributed by atoms with Gasteiger partial charge >= 0.3 is 0 Å². The lowest BCUT2D eigenvalue weighted by Gasteiger charge is -2.23. The molecule has 9 heteroatoms. The Kier molecular flexibility index (Phi) is 6.21. The molecular formula is C42H27NO8. The maximum absolute atomic E-state index is 11.6. The molecule has 248 valence electrons. The van der Waals surface area contributed by atoms with Gasteiger partial charge in [-0.15, -0.1) is 0 Å². The summed E-state index contributed by atoms with van der Waals surface area (Å²) >= 11 is 0. The monoisotopic (exact) mass is 673 g/mol. The predicted molar refractivity (Wildman–Crippen MR) is 198 cm³/mol. The molecule has 0 atom stereocenters. The smallest absolute Gasteiger partial charge is 0.204 e. The summed E-state index contributed by atoms with van der Waals surface area (Å²) in [5.74, 6) is -7.39. The average molecular weight is 674 g/mol. The highest BCUT2D eigenvalue weighted by Gasteiger charge is 2.33. The summed E-state index contributed by atoms with van der Waals surface area (Å²) in [6.45, 7) is 0. The van der Waals surface area contributed by atoms with Crippen LogP contribution in [0, 0.1) is 0 Å². The maximum atomic E-state index is 11.6. The van der Waals surface area contributed by atoms with Crippen molar-refractivity contribution in [2.75, 3.05) is 0 Å². The summed E-state index contributed by atoms with van der Waals surface area (Å²) in [7, 11) is 0. The largest absolute Gasteiger partial charge is 0.504 e. The number of hydrogen-bond donors (Lipinski definition) is 9. The zero-order valence-electron chi connectivity index (χ0n) is 26.5. The second-order valence-corrected chi connectivity index (χ2v) is 12.5. The van der Waals surface area contributed by atoms with E-state index in [0.717, 1.165) is 38.2 Å². The van der Waals surface area contributed by atoms with Crippen LogP contribution >= 0.6 is 0 Å². The molecule has 0 radical (unpaired) electrons. The molecule has 51 heavy (non-hydrogen) atoms. The minimum atomic E-state index is -1.02. The fourth-order valence-electron chi connectivity index (χ4n) is 7.55. The van der Waals surface area contributed by atoms with Gasteiger partial charge in [0.2, 0.25) is 23.0 Å². The Labute approximate surface area is 288 Å². The SMILES string of the molecule is Oc1c(O)c(O)c2c(-c3cccc4c3[nH]c3ccccc34)c3c(O)c(O)c(O)c(O)c3c(-c3ccc(-c4cccc5ccccc45)cc3)c2c1O. The van der Waals surface area contributed by atoms with Crippen molar-refractivity contribution in [2.45, 2.75) is 0 Å². The third-order valence-corrected chi connectivity index (χ3v) is 9.88. The van der Waals surface area contributed by atoms with E-state index in [1.165, 1.54) is 0 Å². The van der Waals surface area contributed by atoms with Crippen LogP contribution in [0.3, 0.4) is 0 Å². The number of benzene rings is 8. The van der Waals surface area contributed by atoms with Crippen molar-refractivity contribution >= 4 is 54.1 Å². The highest BCUT2D eigenvalue weighted by atomic mass is 16.4. The predicted octanol–water partition coefficient (Wildman–Crippen LogP) is 9.43. The van der Waals surface area contributed by atoms with Crippen LogP contribution in [0.1, 0.15) is 0 Å². The van der Waals surface area contributed by atoms with Gasteiger partial charge in [-0.2, -0.15) is 0 Å². The lowest BCUT2D eigenvalue weighted by atomic mass is 9.83. The molecule has 9 rings (SSSR count). The number of fused-ring (bicyclic) bond motifs is 6. The minimum absolute atomic E-state index is 0.0109. The van der Waals surface area contributed by atoms with Gasteiger partial charge in [0, 0.05) is 54.5 Å². The van der Waals surface area contributed by atoms with Crippen LogP contribution in [0.2, 0.25) is 0 Å². The van der Waals surface area contributed by atoms with Gasteiger partial charge in [0.15, 0.2) is 23.0 Å².